The van der Waals surface area contributed by atoms with Gasteiger partial charge in [0.15, 0.2) is 11.5 Å². The molecule has 7 nitrogen and oxygen atoms in total. The fourth-order valence-electron chi connectivity index (χ4n) is 3.34. The minimum absolute atomic E-state index is 0.0541. The van der Waals surface area contributed by atoms with E-state index in [9.17, 15) is 14.0 Å². The SMILES string of the molecule is COc1cc(C(=O)NCCc2cc(C(N)=O)cc(-c3ccc(F)c(Cl)c3)n2)ccc1OC1CC1. The lowest BCUT2D eigenvalue weighted by Crippen LogP contribution is -2.26. The number of nitrogens with one attached hydrogen (secondary N) is 1. The molecular formula is C25H23ClFN3O4. The summed E-state index contributed by atoms with van der Waals surface area (Å²) >= 11 is 5.88. The third-order valence-corrected chi connectivity index (χ3v) is 5.58. The van der Waals surface area contributed by atoms with Gasteiger partial charge >= 0.3 is 0 Å². The van der Waals surface area contributed by atoms with Crippen LogP contribution in [0.5, 0.6) is 11.5 Å². The number of amides is 2. The molecule has 1 saturated carbocycles. The number of primary amides is 1. The second kappa shape index (κ2) is 10.1. The highest BCUT2D eigenvalue weighted by Gasteiger charge is 2.25. The monoisotopic (exact) mass is 483 g/mol. The normalized spacial score (nSPS) is 12.8. The van der Waals surface area contributed by atoms with Gasteiger partial charge in [0.05, 0.1) is 23.9 Å². The van der Waals surface area contributed by atoms with Crippen LogP contribution in [0.4, 0.5) is 4.39 Å². The molecule has 2 amide bonds. The average Bonchev–Trinajstić information content (AvgIpc) is 3.65. The predicted molar refractivity (Wildman–Crippen MR) is 126 cm³/mol. The summed E-state index contributed by atoms with van der Waals surface area (Å²) in [6.07, 6.45) is 2.60. The topological polar surface area (TPSA) is 104 Å². The highest BCUT2D eigenvalue weighted by molar-refractivity contribution is 6.31. The van der Waals surface area contributed by atoms with E-state index in [0.717, 1.165) is 12.8 Å². The number of rotatable bonds is 9. The summed E-state index contributed by atoms with van der Waals surface area (Å²) in [6, 6.07) is 12.3. The first-order valence-corrected chi connectivity index (χ1v) is 11.1. The molecule has 3 aromatic rings. The molecule has 0 atom stereocenters. The van der Waals surface area contributed by atoms with Crippen LogP contribution in [0.1, 0.15) is 39.3 Å². The molecule has 0 bridgehead atoms. The van der Waals surface area contributed by atoms with Crippen molar-refractivity contribution >= 4 is 23.4 Å². The van der Waals surface area contributed by atoms with Gasteiger partial charge in [-0.15, -0.1) is 0 Å². The van der Waals surface area contributed by atoms with Gasteiger partial charge in [-0.2, -0.15) is 0 Å². The number of benzene rings is 2. The zero-order valence-electron chi connectivity index (χ0n) is 18.4. The summed E-state index contributed by atoms with van der Waals surface area (Å²) in [5.41, 5.74) is 7.66. The van der Waals surface area contributed by atoms with Gasteiger partial charge in [0.2, 0.25) is 5.91 Å². The van der Waals surface area contributed by atoms with Crippen molar-refractivity contribution in [3.63, 3.8) is 0 Å². The molecule has 1 aliphatic carbocycles. The molecular weight excluding hydrogens is 461 g/mol. The van der Waals surface area contributed by atoms with Gasteiger partial charge in [-0.05, 0) is 61.4 Å². The highest BCUT2D eigenvalue weighted by Crippen LogP contribution is 2.34. The lowest BCUT2D eigenvalue weighted by Gasteiger charge is -2.12. The van der Waals surface area contributed by atoms with Crippen LogP contribution in [0.3, 0.4) is 0 Å². The van der Waals surface area contributed by atoms with Gasteiger partial charge < -0.3 is 20.5 Å². The molecule has 4 rings (SSSR count). The lowest BCUT2D eigenvalue weighted by atomic mass is 10.1. The van der Waals surface area contributed by atoms with Crippen LogP contribution in [0, 0.1) is 5.82 Å². The maximum Gasteiger partial charge on any atom is 0.251 e. The second-order valence-corrected chi connectivity index (χ2v) is 8.32. The largest absolute Gasteiger partial charge is 0.493 e. The van der Waals surface area contributed by atoms with Crippen molar-refractivity contribution in [1.29, 1.82) is 0 Å². The summed E-state index contributed by atoms with van der Waals surface area (Å²) in [4.78, 5) is 29.0. The number of aromatic nitrogens is 1. The third kappa shape index (κ3) is 5.63. The Hall–Kier alpha value is -3.65. The molecule has 2 aromatic carbocycles. The number of hydrogen-bond acceptors (Lipinski definition) is 5. The third-order valence-electron chi connectivity index (χ3n) is 5.29. The van der Waals surface area contributed by atoms with Gasteiger partial charge in [-0.1, -0.05) is 11.6 Å². The Morgan fingerprint density at radius 2 is 1.91 bits per heavy atom. The summed E-state index contributed by atoms with van der Waals surface area (Å²) in [7, 11) is 1.53. The maximum absolute atomic E-state index is 13.5. The van der Waals surface area contributed by atoms with Crippen molar-refractivity contribution in [2.75, 3.05) is 13.7 Å². The van der Waals surface area contributed by atoms with Crippen molar-refractivity contribution in [3.05, 3.63) is 76.2 Å². The zero-order valence-corrected chi connectivity index (χ0v) is 19.2. The van der Waals surface area contributed by atoms with E-state index < -0.39 is 11.7 Å². The first kappa shape index (κ1) is 23.5. The quantitative estimate of drug-likeness (QED) is 0.475. The van der Waals surface area contributed by atoms with Gasteiger partial charge in [0.1, 0.15) is 5.82 Å². The minimum Gasteiger partial charge on any atom is -0.493 e. The van der Waals surface area contributed by atoms with Crippen LogP contribution in [-0.2, 0) is 6.42 Å². The molecule has 1 aliphatic rings. The van der Waals surface area contributed by atoms with E-state index in [1.807, 2.05) is 0 Å². The first-order valence-electron chi connectivity index (χ1n) is 10.7. The van der Waals surface area contributed by atoms with Crippen molar-refractivity contribution in [1.82, 2.24) is 10.3 Å². The number of carbonyl (C=O) groups excluding carboxylic acids is 2. The number of ether oxygens (including phenoxy) is 2. The lowest BCUT2D eigenvalue weighted by molar-refractivity contribution is 0.0952. The summed E-state index contributed by atoms with van der Waals surface area (Å²) in [6.45, 7) is 0.264. The molecule has 0 aliphatic heterocycles. The molecule has 34 heavy (non-hydrogen) atoms. The number of carbonyl (C=O) groups is 2. The number of nitrogens with zero attached hydrogens (tertiary/aromatic N) is 1. The van der Waals surface area contributed by atoms with Crippen molar-refractivity contribution in [2.45, 2.75) is 25.4 Å². The van der Waals surface area contributed by atoms with Gasteiger partial charge in [0, 0.05) is 35.3 Å². The van der Waals surface area contributed by atoms with Crippen LogP contribution in [0.25, 0.3) is 11.3 Å². The fraction of sp³-hybridized carbons (Fsp3) is 0.240. The second-order valence-electron chi connectivity index (χ2n) is 7.91. The Morgan fingerprint density at radius 1 is 1.12 bits per heavy atom. The Kier molecular flexibility index (Phi) is 6.98. The number of halogens is 2. The summed E-state index contributed by atoms with van der Waals surface area (Å²) < 4.78 is 24.7. The Morgan fingerprint density at radius 3 is 2.59 bits per heavy atom. The molecule has 0 saturated heterocycles. The number of pyridine rings is 1. The van der Waals surface area contributed by atoms with Crippen LogP contribution < -0.4 is 20.5 Å². The Labute approximate surface area is 201 Å². The fourth-order valence-corrected chi connectivity index (χ4v) is 3.52. The van der Waals surface area contributed by atoms with Crippen LogP contribution in [0.15, 0.2) is 48.5 Å². The Bertz CT molecular complexity index is 1250. The molecule has 9 heteroatoms. The Balaban J connectivity index is 1.45. The van der Waals surface area contributed by atoms with E-state index in [2.05, 4.69) is 10.3 Å². The molecule has 1 fully saturated rings. The zero-order chi connectivity index (χ0) is 24.2. The molecule has 1 aromatic heterocycles. The van der Waals surface area contributed by atoms with Crippen molar-refractivity contribution in [2.24, 2.45) is 5.73 Å². The summed E-state index contributed by atoms with van der Waals surface area (Å²) in [5, 5.41) is 2.78. The number of nitrogens with two attached hydrogens (primary N) is 1. The smallest absolute Gasteiger partial charge is 0.251 e. The van der Waals surface area contributed by atoms with Crippen LogP contribution >= 0.6 is 11.6 Å². The number of methoxy groups -OCH3 is 1. The van der Waals surface area contributed by atoms with Gasteiger partial charge in [0.25, 0.3) is 5.91 Å². The highest BCUT2D eigenvalue weighted by atomic mass is 35.5. The molecule has 0 spiro atoms. The van der Waals surface area contributed by atoms with E-state index in [1.165, 1.54) is 31.4 Å². The van der Waals surface area contributed by atoms with E-state index >= 15 is 0 Å². The number of hydrogen-bond donors (Lipinski definition) is 2. The van der Waals surface area contributed by atoms with Crippen molar-refractivity contribution in [3.8, 4) is 22.8 Å². The molecule has 0 unspecified atom stereocenters. The van der Waals surface area contributed by atoms with Gasteiger partial charge in [-0.25, -0.2) is 4.39 Å². The maximum atomic E-state index is 13.5. The standard InChI is InChI=1S/C25H23ClFN3O4/c1-33-23-13-15(3-7-22(23)34-18-4-5-18)25(32)29-9-8-17-10-16(24(28)31)12-21(30-17)14-2-6-20(27)19(26)11-14/h2-3,6-7,10-13,18H,4-5,8-9H2,1H3,(H2,28,31)(H,29,32). The van der Waals surface area contributed by atoms with E-state index in [1.54, 1.807) is 24.3 Å². The molecule has 1 heterocycles. The van der Waals surface area contributed by atoms with Gasteiger partial charge in [-0.3, -0.25) is 14.6 Å². The van der Waals surface area contributed by atoms with E-state index in [0.29, 0.717) is 40.4 Å². The minimum atomic E-state index is -0.622. The van der Waals surface area contributed by atoms with Crippen molar-refractivity contribution < 1.29 is 23.5 Å². The molecule has 176 valence electrons. The van der Waals surface area contributed by atoms with E-state index in [4.69, 9.17) is 26.8 Å². The average molecular weight is 484 g/mol. The predicted octanol–water partition coefficient (Wildman–Crippen LogP) is 4.16. The van der Waals surface area contributed by atoms with E-state index in [-0.39, 0.29) is 29.1 Å². The molecule has 3 N–H and O–H groups in total. The first-order chi connectivity index (χ1) is 16.3. The molecule has 0 radical (unpaired) electrons. The van der Waals surface area contributed by atoms with Crippen LogP contribution in [-0.4, -0.2) is 36.6 Å². The summed E-state index contributed by atoms with van der Waals surface area (Å²) in [5.74, 6) is -0.348. The van der Waals surface area contributed by atoms with Crippen LogP contribution in [0.2, 0.25) is 5.02 Å².